The normalized spacial score (nSPS) is 12.1. The first kappa shape index (κ1) is 19.9. The highest BCUT2D eigenvalue weighted by Gasteiger charge is 2.32. The van der Waals surface area contributed by atoms with Crippen LogP contribution in [0.2, 0.25) is 0 Å². The number of ether oxygens (including phenoxy) is 1. The monoisotopic (exact) mass is 390 g/mol. The molecule has 2 rings (SSSR count). The number of amides is 2. The molecule has 7 nitrogen and oxygen atoms in total. The van der Waals surface area contributed by atoms with Gasteiger partial charge in [0.15, 0.2) is 5.13 Å². The molecule has 0 bridgehead atoms. The van der Waals surface area contributed by atoms with E-state index in [0.29, 0.717) is 10.2 Å². The number of anilines is 1. The summed E-state index contributed by atoms with van der Waals surface area (Å²) in [4.78, 5) is 28.1. The number of halogens is 3. The van der Waals surface area contributed by atoms with Crippen LogP contribution in [0.1, 0.15) is 13.8 Å². The number of thiazole rings is 1. The number of aromatic nitrogens is 1. The minimum absolute atomic E-state index is 0.0554. The summed E-state index contributed by atoms with van der Waals surface area (Å²) in [6.45, 7) is 3.11. The third-order valence-corrected chi connectivity index (χ3v) is 4.10. The fourth-order valence-corrected chi connectivity index (χ4v) is 2.91. The Labute approximate surface area is 150 Å². The molecule has 1 aromatic carbocycles. The summed E-state index contributed by atoms with van der Waals surface area (Å²) in [7, 11) is 1.60. The van der Waals surface area contributed by atoms with Crippen LogP contribution in [0.5, 0.6) is 5.75 Å². The van der Waals surface area contributed by atoms with Gasteiger partial charge in [-0.3, -0.25) is 14.9 Å². The lowest BCUT2D eigenvalue weighted by molar-refractivity contribution is -0.274. The van der Waals surface area contributed by atoms with Crippen LogP contribution >= 0.6 is 11.3 Å². The van der Waals surface area contributed by atoms with Crippen molar-refractivity contribution in [3.05, 3.63) is 18.2 Å². The van der Waals surface area contributed by atoms with E-state index in [9.17, 15) is 22.8 Å². The van der Waals surface area contributed by atoms with Crippen molar-refractivity contribution in [3.8, 4) is 5.75 Å². The Bertz CT molecular complexity index is 820. The van der Waals surface area contributed by atoms with E-state index < -0.39 is 17.8 Å². The summed E-state index contributed by atoms with van der Waals surface area (Å²) in [6.07, 6.45) is -4.79. The number of carbonyl (C=O) groups is 2. The van der Waals surface area contributed by atoms with E-state index in [1.165, 1.54) is 26.0 Å². The zero-order valence-electron chi connectivity index (χ0n) is 14.2. The molecule has 0 aliphatic rings. The minimum Gasteiger partial charge on any atom is -0.406 e. The van der Waals surface area contributed by atoms with Crippen LogP contribution in [0.15, 0.2) is 18.2 Å². The maximum absolute atomic E-state index is 12.4. The van der Waals surface area contributed by atoms with Crippen molar-refractivity contribution in [1.82, 2.24) is 15.6 Å². The number of hydrogen-bond acceptors (Lipinski definition) is 6. The molecule has 0 radical (unpaired) electrons. The third kappa shape index (κ3) is 5.30. The van der Waals surface area contributed by atoms with Gasteiger partial charge < -0.3 is 15.4 Å². The van der Waals surface area contributed by atoms with Crippen LogP contribution in [0, 0.1) is 0 Å². The summed E-state index contributed by atoms with van der Waals surface area (Å²) in [5.41, 5.74) is -0.784. The average Bonchev–Trinajstić information content (AvgIpc) is 2.86. The largest absolute Gasteiger partial charge is 0.573 e. The molecule has 142 valence electrons. The fraction of sp³-hybridized carbons (Fsp3) is 0.400. The van der Waals surface area contributed by atoms with Gasteiger partial charge in [0, 0.05) is 6.07 Å². The van der Waals surface area contributed by atoms with E-state index in [0.717, 1.165) is 17.4 Å². The van der Waals surface area contributed by atoms with Gasteiger partial charge in [-0.05, 0) is 33.0 Å². The Hall–Kier alpha value is -2.40. The molecule has 3 N–H and O–H groups in total. The molecule has 1 heterocycles. The maximum atomic E-state index is 12.4. The Kier molecular flexibility index (Phi) is 5.71. The van der Waals surface area contributed by atoms with Crippen molar-refractivity contribution >= 4 is 38.5 Å². The molecule has 0 atom stereocenters. The fourth-order valence-electron chi connectivity index (χ4n) is 2.02. The number of carbonyl (C=O) groups excluding carboxylic acids is 2. The van der Waals surface area contributed by atoms with Crippen LogP contribution in [0.4, 0.5) is 18.3 Å². The summed E-state index contributed by atoms with van der Waals surface area (Å²) >= 11 is 0.996. The Morgan fingerprint density at radius 2 is 1.96 bits per heavy atom. The molecule has 0 saturated carbocycles. The highest BCUT2D eigenvalue weighted by molar-refractivity contribution is 7.22. The zero-order valence-corrected chi connectivity index (χ0v) is 15.0. The van der Waals surface area contributed by atoms with E-state index in [4.69, 9.17) is 0 Å². The van der Waals surface area contributed by atoms with Gasteiger partial charge >= 0.3 is 6.36 Å². The van der Waals surface area contributed by atoms with E-state index in [-0.39, 0.29) is 23.3 Å². The molecule has 2 amide bonds. The lowest BCUT2D eigenvalue weighted by Gasteiger charge is -2.24. The van der Waals surface area contributed by atoms with E-state index in [1.54, 1.807) is 7.05 Å². The van der Waals surface area contributed by atoms with Gasteiger partial charge in [0.2, 0.25) is 5.91 Å². The van der Waals surface area contributed by atoms with E-state index in [1.807, 2.05) is 0 Å². The summed E-state index contributed by atoms with van der Waals surface area (Å²) in [5.74, 6) is -1.23. The van der Waals surface area contributed by atoms with Crippen LogP contribution in [-0.2, 0) is 9.59 Å². The van der Waals surface area contributed by atoms with Crippen molar-refractivity contribution in [2.45, 2.75) is 25.7 Å². The van der Waals surface area contributed by atoms with Crippen LogP contribution in [0.25, 0.3) is 10.2 Å². The van der Waals surface area contributed by atoms with Crippen molar-refractivity contribution in [2.24, 2.45) is 0 Å². The second-order valence-electron chi connectivity index (χ2n) is 5.85. The standard InChI is InChI=1S/C15H17F3N4O3S/c1-14(2,22-11(23)7-19-3)12(24)21-13-20-9-5-4-8(6-10(9)26-13)25-15(16,17)18/h4-6,19H,7H2,1-3H3,(H,22,23)(H,20,21,24). The molecule has 0 spiro atoms. The van der Waals surface area contributed by atoms with Gasteiger partial charge in [-0.15, -0.1) is 13.2 Å². The van der Waals surface area contributed by atoms with Gasteiger partial charge in [0.05, 0.1) is 16.8 Å². The Balaban J connectivity index is 2.12. The molecular formula is C15H17F3N4O3S. The first-order chi connectivity index (χ1) is 12.0. The van der Waals surface area contributed by atoms with Crippen LogP contribution < -0.4 is 20.7 Å². The number of fused-ring (bicyclic) bond motifs is 1. The smallest absolute Gasteiger partial charge is 0.406 e. The number of nitrogens with one attached hydrogen (secondary N) is 3. The predicted molar refractivity (Wildman–Crippen MR) is 91.1 cm³/mol. The number of nitrogens with zero attached hydrogens (tertiary/aromatic N) is 1. The van der Waals surface area contributed by atoms with Crippen molar-refractivity contribution in [3.63, 3.8) is 0 Å². The number of likely N-dealkylation sites (N-methyl/N-ethyl adjacent to an activating group) is 1. The zero-order chi connectivity index (χ0) is 19.5. The van der Waals surface area contributed by atoms with Gasteiger partial charge in [-0.2, -0.15) is 0 Å². The van der Waals surface area contributed by atoms with Gasteiger partial charge in [-0.1, -0.05) is 11.3 Å². The molecule has 2 aromatic rings. The topological polar surface area (TPSA) is 92.4 Å². The number of alkyl halides is 3. The van der Waals surface area contributed by atoms with Crippen LogP contribution in [0.3, 0.4) is 0 Å². The summed E-state index contributed by atoms with van der Waals surface area (Å²) in [5, 5.41) is 7.99. The average molecular weight is 390 g/mol. The lowest BCUT2D eigenvalue weighted by atomic mass is 10.0. The van der Waals surface area contributed by atoms with Crippen LogP contribution in [-0.4, -0.2) is 42.3 Å². The number of rotatable bonds is 6. The van der Waals surface area contributed by atoms with Crippen molar-refractivity contribution in [2.75, 3.05) is 18.9 Å². The minimum atomic E-state index is -4.79. The van der Waals surface area contributed by atoms with Crippen molar-refractivity contribution < 1.29 is 27.5 Å². The van der Waals surface area contributed by atoms with E-state index >= 15 is 0 Å². The first-order valence-corrected chi connectivity index (χ1v) is 8.25. The van der Waals surface area contributed by atoms with Gasteiger partial charge in [0.25, 0.3) is 5.91 Å². The summed E-state index contributed by atoms with van der Waals surface area (Å²) < 4.78 is 41.1. The Morgan fingerprint density at radius 3 is 2.58 bits per heavy atom. The first-order valence-electron chi connectivity index (χ1n) is 7.43. The Morgan fingerprint density at radius 1 is 1.27 bits per heavy atom. The molecule has 0 saturated heterocycles. The molecule has 1 aromatic heterocycles. The van der Waals surface area contributed by atoms with Gasteiger partial charge in [0.1, 0.15) is 11.3 Å². The summed E-state index contributed by atoms with van der Waals surface area (Å²) in [6, 6.07) is 3.70. The molecule has 26 heavy (non-hydrogen) atoms. The molecule has 0 fully saturated rings. The molecule has 11 heteroatoms. The molecular weight excluding hydrogens is 373 g/mol. The van der Waals surface area contributed by atoms with E-state index in [2.05, 4.69) is 25.7 Å². The number of hydrogen-bond donors (Lipinski definition) is 3. The SMILES string of the molecule is CNCC(=O)NC(C)(C)C(=O)Nc1nc2ccc(OC(F)(F)F)cc2s1. The second kappa shape index (κ2) is 7.46. The van der Waals surface area contributed by atoms with Gasteiger partial charge in [-0.25, -0.2) is 4.98 Å². The lowest BCUT2D eigenvalue weighted by Crippen LogP contribution is -2.54. The molecule has 0 aliphatic carbocycles. The maximum Gasteiger partial charge on any atom is 0.573 e. The third-order valence-electron chi connectivity index (χ3n) is 3.17. The number of benzene rings is 1. The predicted octanol–water partition coefficient (Wildman–Crippen LogP) is 2.25. The highest BCUT2D eigenvalue weighted by atomic mass is 32.1. The highest BCUT2D eigenvalue weighted by Crippen LogP contribution is 2.31. The van der Waals surface area contributed by atoms with Crippen molar-refractivity contribution in [1.29, 1.82) is 0 Å². The molecule has 0 unspecified atom stereocenters. The molecule has 0 aliphatic heterocycles. The second-order valence-corrected chi connectivity index (χ2v) is 6.88. The quantitative estimate of drug-likeness (QED) is 0.704.